The number of carbonyl (C=O) groups is 1. The number of nitrogens with one attached hydrogen (secondary N) is 1. The third-order valence-electron chi connectivity index (χ3n) is 1.52. The average Bonchev–Trinajstić information content (AvgIpc) is 2.34. The van der Waals surface area contributed by atoms with Crippen LogP contribution in [0.5, 0.6) is 0 Å². The Morgan fingerprint density at radius 2 is 2.60 bits per heavy atom. The van der Waals surface area contributed by atoms with Crippen LogP contribution in [0, 0.1) is 0 Å². The van der Waals surface area contributed by atoms with E-state index in [4.69, 9.17) is 5.11 Å². The van der Waals surface area contributed by atoms with Gasteiger partial charge >= 0.3 is 5.97 Å². The third kappa shape index (κ3) is 1.64. The van der Waals surface area contributed by atoms with E-state index in [-0.39, 0.29) is 6.04 Å². The second kappa shape index (κ2) is 3.25. The predicted octanol–water partition coefficient (Wildman–Crippen LogP) is 0.512. The summed E-state index contributed by atoms with van der Waals surface area (Å²) in [6.45, 7) is 2.05. The van der Waals surface area contributed by atoms with Crippen LogP contribution >= 0.6 is 11.8 Å². The van der Waals surface area contributed by atoms with E-state index < -0.39 is 5.97 Å². The van der Waals surface area contributed by atoms with Crippen molar-refractivity contribution < 1.29 is 9.90 Å². The molecule has 0 aromatic carbocycles. The standard InChI is InChI=1S/C6H11NO2S/c1-2-5-7-4(3-10-5)6(8)9/h4-5,7H,2-3H2,1H3,(H,8,9)/t4-,5+/m1/s1. The van der Waals surface area contributed by atoms with Gasteiger partial charge in [-0.3, -0.25) is 10.1 Å². The minimum Gasteiger partial charge on any atom is -0.480 e. The minimum atomic E-state index is -0.733. The van der Waals surface area contributed by atoms with Gasteiger partial charge in [-0.25, -0.2) is 0 Å². The van der Waals surface area contributed by atoms with Gasteiger partial charge in [0, 0.05) is 5.75 Å². The molecule has 1 aliphatic rings. The molecule has 0 aromatic heterocycles. The van der Waals surface area contributed by atoms with Crippen LogP contribution in [0.3, 0.4) is 0 Å². The Labute approximate surface area is 64.2 Å². The van der Waals surface area contributed by atoms with Gasteiger partial charge in [0.25, 0.3) is 0 Å². The molecule has 2 N–H and O–H groups in total. The topological polar surface area (TPSA) is 49.3 Å². The van der Waals surface area contributed by atoms with E-state index in [2.05, 4.69) is 12.2 Å². The summed E-state index contributed by atoms with van der Waals surface area (Å²) in [5.41, 5.74) is 0. The summed E-state index contributed by atoms with van der Waals surface area (Å²) in [7, 11) is 0. The zero-order valence-electron chi connectivity index (χ0n) is 5.83. The Morgan fingerprint density at radius 1 is 1.90 bits per heavy atom. The molecule has 2 atom stereocenters. The van der Waals surface area contributed by atoms with Gasteiger partial charge < -0.3 is 5.11 Å². The third-order valence-corrected chi connectivity index (χ3v) is 2.92. The fourth-order valence-corrected chi connectivity index (χ4v) is 2.07. The molecule has 1 heterocycles. The molecule has 0 spiro atoms. The highest BCUT2D eigenvalue weighted by Crippen LogP contribution is 2.20. The van der Waals surface area contributed by atoms with Crippen molar-refractivity contribution in [2.75, 3.05) is 5.75 Å². The number of carboxylic acid groups (broad SMARTS) is 1. The summed E-state index contributed by atoms with van der Waals surface area (Å²) in [6.07, 6.45) is 0.994. The van der Waals surface area contributed by atoms with Gasteiger partial charge in [-0.15, -0.1) is 11.8 Å². The van der Waals surface area contributed by atoms with Gasteiger partial charge in [-0.05, 0) is 6.42 Å². The first kappa shape index (κ1) is 7.88. The fraction of sp³-hybridized carbons (Fsp3) is 0.833. The number of thioether (sulfide) groups is 1. The molecule has 58 valence electrons. The quantitative estimate of drug-likeness (QED) is 0.619. The summed E-state index contributed by atoms with van der Waals surface area (Å²) in [6, 6.07) is -0.324. The molecule has 1 aliphatic heterocycles. The van der Waals surface area contributed by atoms with Gasteiger partial charge in [-0.2, -0.15) is 0 Å². The van der Waals surface area contributed by atoms with Crippen LogP contribution in [0.15, 0.2) is 0 Å². The highest BCUT2D eigenvalue weighted by molar-refractivity contribution is 8.00. The minimum absolute atomic E-state index is 0.324. The van der Waals surface area contributed by atoms with Gasteiger partial charge in [0.1, 0.15) is 6.04 Å². The van der Waals surface area contributed by atoms with Crippen LogP contribution in [-0.2, 0) is 4.79 Å². The van der Waals surface area contributed by atoms with Crippen molar-refractivity contribution in [2.45, 2.75) is 24.8 Å². The van der Waals surface area contributed by atoms with Crippen molar-refractivity contribution in [3.05, 3.63) is 0 Å². The van der Waals surface area contributed by atoms with Crippen molar-refractivity contribution in [1.82, 2.24) is 5.32 Å². The molecule has 0 amide bonds. The molecule has 0 radical (unpaired) electrons. The number of hydrogen-bond acceptors (Lipinski definition) is 3. The van der Waals surface area contributed by atoms with E-state index in [1.54, 1.807) is 11.8 Å². The zero-order valence-corrected chi connectivity index (χ0v) is 6.65. The Hall–Kier alpha value is -0.220. The Morgan fingerprint density at radius 3 is 2.90 bits per heavy atom. The second-order valence-corrected chi connectivity index (χ2v) is 3.52. The molecule has 3 nitrogen and oxygen atoms in total. The van der Waals surface area contributed by atoms with Gasteiger partial charge in [0.2, 0.25) is 0 Å². The lowest BCUT2D eigenvalue weighted by atomic mass is 10.3. The van der Waals surface area contributed by atoms with Crippen molar-refractivity contribution in [3.8, 4) is 0 Å². The molecule has 10 heavy (non-hydrogen) atoms. The van der Waals surface area contributed by atoms with E-state index >= 15 is 0 Å². The van der Waals surface area contributed by atoms with E-state index in [9.17, 15) is 4.79 Å². The molecule has 0 bridgehead atoms. The lowest BCUT2D eigenvalue weighted by Gasteiger charge is -2.06. The molecule has 0 saturated carbocycles. The van der Waals surface area contributed by atoms with Gasteiger partial charge in [0.05, 0.1) is 5.37 Å². The fourth-order valence-electron chi connectivity index (χ4n) is 0.911. The molecule has 0 unspecified atom stereocenters. The summed E-state index contributed by atoms with van der Waals surface area (Å²) < 4.78 is 0. The first-order valence-electron chi connectivity index (χ1n) is 3.34. The van der Waals surface area contributed by atoms with E-state index in [0.29, 0.717) is 11.1 Å². The van der Waals surface area contributed by atoms with E-state index in [1.165, 1.54) is 0 Å². The van der Waals surface area contributed by atoms with Gasteiger partial charge in [0.15, 0.2) is 0 Å². The van der Waals surface area contributed by atoms with Crippen LogP contribution in [0.25, 0.3) is 0 Å². The lowest BCUT2D eigenvalue weighted by molar-refractivity contribution is -0.138. The molecule has 0 aliphatic carbocycles. The molecule has 4 heteroatoms. The predicted molar refractivity (Wildman–Crippen MR) is 41.1 cm³/mol. The molecule has 1 fully saturated rings. The average molecular weight is 161 g/mol. The van der Waals surface area contributed by atoms with Crippen LogP contribution in [0.2, 0.25) is 0 Å². The first-order valence-corrected chi connectivity index (χ1v) is 4.39. The molecule has 1 saturated heterocycles. The first-order chi connectivity index (χ1) is 4.74. The number of rotatable bonds is 2. The maximum Gasteiger partial charge on any atom is 0.321 e. The smallest absolute Gasteiger partial charge is 0.321 e. The Kier molecular flexibility index (Phi) is 2.56. The molecule has 1 rings (SSSR count). The Balaban J connectivity index is 2.35. The Bertz CT molecular complexity index is 140. The molecular formula is C6H11NO2S. The SMILES string of the molecule is CC[C@H]1N[C@@H](C(=O)O)CS1. The van der Waals surface area contributed by atoms with Crippen LogP contribution in [0.1, 0.15) is 13.3 Å². The van der Waals surface area contributed by atoms with Crippen molar-refractivity contribution in [1.29, 1.82) is 0 Å². The lowest BCUT2D eigenvalue weighted by Crippen LogP contribution is -2.36. The highest BCUT2D eigenvalue weighted by atomic mass is 32.2. The normalized spacial score (nSPS) is 32.5. The second-order valence-electron chi connectivity index (χ2n) is 2.29. The molecular weight excluding hydrogens is 150 g/mol. The van der Waals surface area contributed by atoms with Crippen LogP contribution in [-0.4, -0.2) is 28.2 Å². The summed E-state index contributed by atoms with van der Waals surface area (Å²) in [5.74, 6) is -0.0307. The zero-order chi connectivity index (χ0) is 7.56. The van der Waals surface area contributed by atoms with Crippen LogP contribution in [0.4, 0.5) is 0 Å². The largest absolute Gasteiger partial charge is 0.480 e. The van der Waals surface area contributed by atoms with E-state index in [1.807, 2.05) is 0 Å². The monoisotopic (exact) mass is 161 g/mol. The maximum absolute atomic E-state index is 10.4. The summed E-state index contributed by atoms with van der Waals surface area (Å²) >= 11 is 1.69. The number of hydrogen-bond donors (Lipinski definition) is 2. The maximum atomic E-state index is 10.4. The summed E-state index contributed by atoms with van der Waals surface area (Å²) in [5, 5.41) is 11.9. The van der Waals surface area contributed by atoms with Crippen molar-refractivity contribution >= 4 is 17.7 Å². The van der Waals surface area contributed by atoms with E-state index in [0.717, 1.165) is 6.42 Å². The van der Waals surface area contributed by atoms with Crippen molar-refractivity contribution in [3.63, 3.8) is 0 Å². The highest BCUT2D eigenvalue weighted by Gasteiger charge is 2.27. The van der Waals surface area contributed by atoms with Crippen LogP contribution < -0.4 is 5.32 Å². The summed E-state index contributed by atoms with van der Waals surface area (Å²) in [4.78, 5) is 10.4. The van der Waals surface area contributed by atoms with Gasteiger partial charge in [-0.1, -0.05) is 6.92 Å². The number of aliphatic carboxylic acids is 1. The van der Waals surface area contributed by atoms with Crippen molar-refractivity contribution in [2.24, 2.45) is 0 Å². The molecule has 0 aromatic rings. The number of carboxylic acids is 1.